The monoisotopic (exact) mass is 1330 g/mol. The van der Waals surface area contributed by atoms with Gasteiger partial charge in [0.1, 0.15) is 12.6 Å². The number of ether oxygens (including phenoxy) is 14. The van der Waals surface area contributed by atoms with Gasteiger partial charge < -0.3 is 87.6 Å². The Hall–Kier alpha value is -5.87. The van der Waals surface area contributed by atoms with Gasteiger partial charge in [0.2, 0.25) is 11.8 Å². The number of carbonyl (C=O) groups excluding carboxylic acids is 5. The lowest BCUT2D eigenvalue weighted by Gasteiger charge is -2.30. The number of alkyl carbamates (subject to hydrolysis) is 1. The lowest BCUT2D eigenvalue weighted by atomic mass is 9.81. The SMILES string of the molecule is COC(=O)[C@H](Cc1ccc(NC(=O)c2c(Cl)cccc2Cl)cc1)NC(=O)C1(CCNC(=O)CCOCCOCCOCCOCCOCCOCCOCCOCCOCCOCCOCCOCCNC(=O)OCC2c3ccccc3-c3ccccc32)CCCC1. The molecular formula is C67H92Cl2N4O19. The van der Waals surface area contributed by atoms with Crippen molar-refractivity contribution in [2.75, 3.05) is 191 Å². The first-order chi connectivity index (χ1) is 45.1. The minimum absolute atomic E-state index is 0.0208. The maximum absolute atomic E-state index is 13.8. The summed E-state index contributed by atoms with van der Waals surface area (Å²) in [7, 11) is 1.27. The summed E-state index contributed by atoms with van der Waals surface area (Å²) in [6, 6.07) is 27.2. The Labute approximate surface area is 549 Å². The van der Waals surface area contributed by atoms with E-state index in [1.165, 1.54) is 29.4 Å². The summed E-state index contributed by atoms with van der Waals surface area (Å²) in [5.41, 5.74) is 5.39. The minimum Gasteiger partial charge on any atom is -0.467 e. The summed E-state index contributed by atoms with van der Waals surface area (Å²) >= 11 is 12.4. The fourth-order valence-electron chi connectivity index (χ4n) is 10.2. The number of halogens is 2. The van der Waals surface area contributed by atoms with Gasteiger partial charge >= 0.3 is 12.1 Å². The van der Waals surface area contributed by atoms with E-state index in [4.69, 9.17) is 89.5 Å². The number of nitrogens with one attached hydrogen (secondary N) is 4. The third-order valence-corrected chi connectivity index (χ3v) is 15.7. The topological polar surface area (TPSA) is 263 Å². The Bertz CT molecular complexity index is 2690. The number of benzene rings is 4. The molecule has 4 N–H and O–H groups in total. The largest absolute Gasteiger partial charge is 0.467 e. The number of hydrogen-bond donors (Lipinski definition) is 4. The van der Waals surface area contributed by atoms with Gasteiger partial charge in [-0.15, -0.1) is 0 Å². The van der Waals surface area contributed by atoms with Crippen LogP contribution in [0, 0.1) is 5.41 Å². The van der Waals surface area contributed by atoms with Crippen molar-refractivity contribution in [3.05, 3.63) is 123 Å². The van der Waals surface area contributed by atoms with Crippen molar-refractivity contribution in [3.8, 4) is 11.1 Å². The average Bonchev–Trinajstić information content (AvgIpc) is 1.62. The second kappa shape index (κ2) is 45.5. The van der Waals surface area contributed by atoms with Gasteiger partial charge in [0.25, 0.3) is 5.91 Å². The second-order valence-electron chi connectivity index (χ2n) is 21.4. The highest BCUT2D eigenvalue weighted by molar-refractivity contribution is 6.40. The number of hydrogen-bond acceptors (Lipinski definition) is 19. The molecule has 4 aromatic rings. The molecule has 1 atom stereocenters. The zero-order chi connectivity index (χ0) is 65.1. The molecule has 2 aliphatic rings. The van der Waals surface area contributed by atoms with Crippen molar-refractivity contribution in [1.29, 1.82) is 0 Å². The lowest BCUT2D eigenvalue weighted by Crippen LogP contribution is -2.50. The highest BCUT2D eigenvalue weighted by atomic mass is 35.5. The Morgan fingerprint density at radius 1 is 0.500 bits per heavy atom. The van der Waals surface area contributed by atoms with Crippen LogP contribution in [-0.2, 0) is 87.1 Å². The normalized spacial score (nSPS) is 13.5. The molecule has 4 amide bonds. The van der Waals surface area contributed by atoms with E-state index in [-0.39, 0.29) is 59.4 Å². The van der Waals surface area contributed by atoms with Gasteiger partial charge in [-0.1, -0.05) is 103 Å². The molecule has 1 saturated carbocycles. The summed E-state index contributed by atoms with van der Waals surface area (Å²) in [5.74, 6) is -1.46. The van der Waals surface area contributed by atoms with E-state index in [2.05, 4.69) is 45.5 Å². The maximum atomic E-state index is 13.8. The molecule has 0 unspecified atom stereocenters. The van der Waals surface area contributed by atoms with Crippen LogP contribution in [-0.4, -0.2) is 221 Å². The number of amides is 4. The summed E-state index contributed by atoms with van der Waals surface area (Å²) in [6.45, 7) is 10.9. The highest BCUT2D eigenvalue weighted by Gasteiger charge is 2.42. The molecule has 6 rings (SSSR count). The highest BCUT2D eigenvalue weighted by Crippen LogP contribution is 2.45. The lowest BCUT2D eigenvalue weighted by molar-refractivity contribution is -0.146. The van der Waals surface area contributed by atoms with E-state index < -0.39 is 29.4 Å². The van der Waals surface area contributed by atoms with Gasteiger partial charge in [-0.2, -0.15) is 0 Å². The molecule has 25 heteroatoms. The van der Waals surface area contributed by atoms with Crippen LogP contribution in [0.4, 0.5) is 10.5 Å². The van der Waals surface area contributed by atoms with Crippen LogP contribution >= 0.6 is 23.2 Å². The molecule has 1 fully saturated rings. The first-order valence-corrected chi connectivity index (χ1v) is 32.4. The summed E-state index contributed by atoms with van der Waals surface area (Å²) in [6.07, 6.45) is 3.27. The fourth-order valence-corrected chi connectivity index (χ4v) is 10.8. The predicted octanol–water partition coefficient (Wildman–Crippen LogP) is 7.64. The third-order valence-electron chi connectivity index (χ3n) is 15.0. The van der Waals surface area contributed by atoms with Crippen LogP contribution in [0.5, 0.6) is 0 Å². The van der Waals surface area contributed by atoms with Crippen molar-refractivity contribution in [2.45, 2.75) is 56.9 Å². The molecular weight excluding hydrogens is 1240 g/mol. The Kier molecular flexibility index (Phi) is 37.1. The fraction of sp³-hybridized carbons (Fsp3) is 0.567. The molecule has 0 aliphatic heterocycles. The van der Waals surface area contributed by atoms with Crippen molar-refractivity contribution in [1.82, 2.24) is 16.0 Å². The Balaban J connectivity index is 0.616. The van der Waals surface area contributed by atoms with Crippen LogP contribution < -0.4 is 21.3 Å². The molecule has 508 valence electrons. The van der Waals surface area contributed by atoms with E-state index in [0.29, 0.717) is 190 Å². The van der Waals surface area contributed by atoms with E-state index in [1.807, 2.05) is 24.3 Å². The van der Waals surface area contributed by atoms with Gasteiger partial charge in [-0.25, -0.2) is 9.59 Å². The molecule has 92 heavy (non-hydrogen) atoms. The number of rotatable bonds is 51. The van der Waals surface area contributed by atoms with Gasteiger partial charge in [0.15, 0.2) is 0 Å². The Morgan fingerprint density at radius 2 is 0.924 bits per heavy atom. The molecule has 0 heterocycles. The number of anilines is 1. The van der Waals surface area contributed by atoms with E-state index >= 15 is 0 Å². The molecule has 0 radical (unpaired) electrons. The quantitative estimate of drug-likeness (QED) is 0.0244. The molecule has 2 aliphatic carbocycles. The number of fused-ring (bicyclic) bond motifs is 3. The predicted molar refractivity (Wildman–Crippen MR) is 345 cm³/mol. The van der Waals surface area contributed by atoms with Gasteiger partial charge in [0, 0.05) is 37.5 Å². The molecule has 0 spiro atoms. The van der Waals surface area contributed by atoms with Crippen LogP contribution in [0.2, 0.25) is 10.0 Å². The van der Waals surface area contributed by atoms with Gasteiger partial charge in [-0.3, -0.25) is 14.4 Å². The summed E-state index contributed by atoms with van der Waals surface area (Å²) in [5, 5.41) is 11.8. The van der Waals surface area contributed by atoms with Gasteiger partial charge in [0.05, 0.1) is 187 Å². The zero-order valence-corrected chi connectivity index (χ0v) is 54.4. The number of esters is 1. The maximum Gasteiger partial charge on any atom is 0.407 e. The summed E-state index contributed by atoms with van der Waals surface area (Å²) in [4.78, 5) is 64.5. The number of carbonyl (C=O) groups is 5. The van der Waals surface area contributed by atoms with Gasteiger partial charge in [-0.05, 0) is 71.3 Å². The van der Waals surface area contributed by atoms with Crippen molar-refractivity contribution in [2.24, 2.45) is 5.41 Å². The standard InChI is InChI=1S/C67H92Cl2N4O19/c1-79-64(76)60(49-51-15-17-52(18-16-51)72-63(75)62-58(68)13-8-14-59(62)69)73-65(77)67(20-6-7-21-67)22-23-70-61(74)19-25-80-27-29-82-31-33-84-35-37-86-39-41-88-43-45-90-47-48-91-46-44-89-42-40-87-38-36-85-34-32-83-30-28-81-26-24-71-66(78)92-50-57-55-11-4-2-9-53(55)54-10-3-5-12-56(54)57/h2-5,8-18,57,60H,6-7,19-50H2,1H3,(H,70,74)(H,71,78)(H,72,75)(H,73,77)/t60-/m0/s1. The van der Waals surface area contributed by atoms with Crippen molar-refractivity contribution >= 4 is 58.7 Å². The Morgan fingerprint density at radius 3 is 1.37 bits per heavy atom. The van der Waals surface area contributed by atoms with Crippen LogP contribution in [0.1, 0.15) is 71.5 Å². The molecule has 4 aromatic carbocycles. The first-order valence-electron chi connectivity index (χ1n) is 31.6. The molecule has 23 nitrogen and oxygen atoms in total. The minimum atomic E-state index is -0.946. The first kappa shape index (κ1) is 75.2. The van der Waals surface area contributed by atoms with Crippen LogP contribution in [0.15, 0.2) is 91.0 Å². The second-order valence-corrected chi connectivity index (χ2v) is 22.3. The van der Waals surface area contributed by atoms with E-state index in [9.17, 15) is 24.0 Å². The van der Waals surface area contributed by atoms with Crippen molar-refractivity contribution < 1.29 is 90.3 Å². The summed E-state index contributed by atoms with van der Waals surface area (Å²) < 4.78 is 77.1. The van der Waals surface area contributed by atoms with Crippen LogP contribution in [0.25, 0.3) is 11.1 Å². The molecule has 0 saturated heterocycles. The smallest absolute Gasteiger partial charge is 0.407 e. The molecule has 0 bridgehead atoms. The number of methoxy groups -OCH3 is 1. The molecule has 0 aromatic heterocycles. The van der Waals surface area contributed by atoms with Crippen molar-refractivity contribution in [3.63, 3.8) is 0 Å². The average molecular weight is 1330 g/mol. The van der Waals surface area contributed by atoms with Crippen LogP contribution in [0.3, 0.4) is 0 Å². The van der Waals surface area contributed by atoms with E-state index in [1.54, 1.807) is 42.5 Å². The zero-order valence-electron chi connectivity index (χ0n) is 52.9. The van der Waals surface area contributed by atoms with E-state index in [0.717, 1.165) is 18.4 Å². The third kappa shape index (κ3) is 28.4.